The van der Waals surface area contributed by atoms with Gasteiger partial charge in [0.25, 0.3) is 0 Å². The van der Waals surface area contributed by atoms with E-state index in [4.69, 9.17) is 9.99 Å². The van der Waals surface area contributed by atoms with Crippen LogP contribution in [0.5, 0.6) is 5.75 Å². The lowest BCUT2D eigenvalue weighted by molar-refractivity contribution is -0.215. The molecule has 0 fully saturated rings. The Balaban J connectivity index is 2.66. The van der Waals surface area contributed by atoms with Crippen LogP contribution in [0, 0.1) is 0 Å². The van der Waals surface area contributed by atoms with Gasteiger partial charge in [-0.25, -0.2) is 10.7 Å². The molecule has 4 nitrogen and oxygen atoms in total. The molecule has 0 aliphatic rings. The van der Waals surface area contributed by atoms with Gasteiger partial charge in [-0.15, -0.1) is 4.99 Å². The van der Waals surface area contributed by atoms with E-state index in [1.807, 2.05) is 0 Å². The van der Waals surface area contributed by atoms with Gasteiger partial charge in [-0.3, -0.25) is 0 Å². The van der Waals surface area contributed by atoms with Crippen molar-refractivity contribution in [1.29, 1.82) is 0 Å². The lowest BCUT2D eigenvalue weighted by atomic mass is 10.3. The van der Waals surface area contributed by atoms with Gasteiger partial charge in [-0.1, -0.05) is 0 Å². The first kappa shape index (κ1) is 7.84. The van der Waals surface area contributed by atoms with Gasteiger partial charge >= 0.3 is 0 Å². The van der Waals surface area contributed by atoms with Gasteiger partial charge < -0.3 is 4.74 Å². The van der Waals surface area contributed by atoms with E-state index in [9.17, 15) is 0 Å². The molecule has 0 saturated heterocycles. The van der Waals surface area contributed by atoms with E-state index in [1.54, 1.807) is 31.4 Å². The van der Waals surface area contributed by atoms with Crippen molar-refractivity contribution in [2.45, 2.75) is 0 Å². The first-order valence-electron chi connectivity index (χ1n) is 3.07. The van der Waals surface area contributed by atoms with Crippen LogP contribution in [-0.4, -0.2) is 12.4 Å². The molecule has 0 radical (unpaired) electrons. The van der Waals surface area contributed by atoms with Crippen LogP contribution in [0.25, 0.3) is 0 Å². The fourth-order valence-corrected chi connectivity index (χ4v) is 0.712. The van der Waals surface area contributed by atoms with Crippen molar-refractivity contribution >= 4 is 5.69 Å². The standard InChI is InChI=1S/C7H9NO3/c1-10-7-4-2-6(3-5-7)8-11-9/h2-5,8-9H,1H3. The van der Waals surface area contributed by atoms with Crippen molar-refractivity contribution in [3.05, 3.63) is 24.3 Å². The maximum atomic E-state index is 8.00. The van der Waals surface area contributed by atoms with Crippen LogP contribution in [0.2, 0.25) is 0 Å². The number of rotatable bonds is 3. The Hall–Kier alpha value is -1.26. The second-order valence-corrected chi connectivity index (χ2v) is 1.92. The fraction of sp³-hybridized carbons (Fsp3) is 0.143. The summed E-state index contributed by atoms with van der Waals surface area (Å²) in [5.74, 6) is 0.758. The number of nitrogens with one attached hydrogen (secondary N) is 1. The van der Waals surface area contributed by atoms with Crippen LogP contribution in [0.1, 0.15) is 0 Å². The normalized spacial score (nSPS) is 9.27. The summed E-state index contributed by atoms with van der Waals surface area (Å²) >= 11 is 0. The fourth-order valence-electron chi connectivity index (χ4n) is 0.712. The minimum atomic E-state index is 0.660. The maximum absolute atomic E-state index is 8.00. The van der Waals surface area contributed by atoms with E-state index in [1.165, 1.54) is 0 Å². The molecule has 11 heavy (non-hydrogen) atoms. The van der Waals surface area contributed by atoms with Crippen LogP contribution in [0.3, 0.4) is 0 Å². The molecule has 1 rings (SSSR count). The largest absolute Gasteiger partial charge is 0.497 e. The molecule has 0 heterocycles. The topological polar surface area (TPSA) is 50.7 Å². The average molecular weight is 155 g/mol. The molecule has 0 amide bonds. The van der Waals surface area contributed by atoms with Gasteiger partial charge in [-0.2, -0.15) is 0 Å². The SMILES string of the molecule is COc1ccc(NOO)cc1. The van der Waals surface area contributed by atoms with E-state index in [2.05, 4.69) is 10.5 Å². The molecule has 0 aliphatic carbocycles. The van der Waals surface area contributed by atoms with Crippen LogP contribution >= 0.6 is 0 Å². The van der Waals surface area contributed by atoms with Gasteiger partial charge in [0.15, 0.2) is 0 Å². The minimum absolute atomic E-state index is 0.660. The zero-order valence-electron chi connectivity index (χ0n) is 6.07. The average Bonchev–Trinajstić information content (AvgIpc) is 2.07. The third kappa shape index (κ3) is 2.10. The van der Waals surface area contributed by atoms with Gasteiger partial charge in [0.2, 0.25) is 0 Å². The van der Waals surface area contributed by atoms with Crippen LogP contribution in [0.4, 0.5) is 5.69 Å². The van der Waals surface area contributed by atoms with Crippen molar-refractivity contribution in [3.63, 3.8) is 0 Å². The number of hydrogen-bond acceptors (Lipinski definition) is 4. The summed E-state index contributed by atoms with van der Waals surface area (Å²) in [7, 11) is 1.59. The van der Waals surface area contributed by atoms with E-state index >= 15 is 0 Å². The highest BCUT2D eigenvalue weighted by atomic mass is 17.2. The van der Waals surface area contributed by atoms with E-state index in [-0.39, 0.29) is 0 Å². The number of methoxy groups -OCH3 is 1. The molecule has 1 aromatic carbocycles. The monoisotopic (exact) mass is 155 g/mol. The number of benzene rings is 1. The predicted molar refractivity (Wildman–Crippen MR) is 40.3 cm³/mol. The Morgan fingerprint density at radius 3 is 2.36 bits per heavy atom. The molecule has 60 valence electrons. The number of anilines is 1. The molecule has 2 N–H and O–H groups in total. The molecule has 0 unspecified atom stereocenters. The Kier molecular flexibility index (Phi) is 2.71. The van der Waals surface area contributed by atoms with Crippen LogP contribution in [-0.2, 0) is 4.99 Å². The smallest absolute Gasteiger partial charge is 0.119 e. The summed E-state index contributed by atoms with van der Waals surface area (Å²) in [4.78, 5) is 3.71. The summed E-state index contributed by atoms with van der Waals surface area (Å²) in [6, 6.07) is 6.94. The number of hydrogen-bond donors (Lipinski definition) is 2. The van der Waals surface area contributed by atoms with E-state index in [0.29, 0.717) is 5.69 Å². The maximum Gasteiger partial charge on any atom is 0.119 e. The number of ether oxygens (including phenoxy) is 1. The van der Waals surface area contributed by atoms with E-state index in [0.717, 1.165) is 5.75 Å². The summed E-state index contributed by atoms with van der Waals surface area (Å²) < 4.78 is 4.92. The first-order valence-corrected chi connectivity index (χ1v) is 3.07. The molecule has 0 atom stereocenters. The highest BCUT2D eigenvalue weighted by molar-refractivity contribution is 5.44. The quantitative estimate of drug-likeness (QED) is 0.513. The molecular weight excluding hydrogens is 146 g/mol. The van der Waals surface area contributed by atoms with Crippen molar-refractivity contribution in [2.75, 3.05) is 12.6 Å². The molecule has 4 heteroatoms. The molecule has 0 aliphatic heterocycles. The van der Waals surface area contributed by atoms with Crippen molar-refractivity contribution in [3.8, 4) is 5.75 Å². The lowest BCUT2D eigenvalue weighted by Gasteiger charge is -2.01. The zero-order chi connectivity index (χ0) is 8.10. The van der Waals surface area contributed by atoms with Gasteiger partial charge in [0.05, 0.1) is 12.8 Å². The summed E-state index contributed by atoms with van der Waals surface area (Å²) in [5, 5.41) is 8.00. The Morgan fingerprint density at radius 1 is 1.27 bits per heavy atom. The highest BCUT2D eigenvalue weighted by Gasteiger charge is 1.91. The van der Waals surface area contributed by atoms with Gasteiger partial charge in [0, 0.05) is 0 Å². The molecule has 0 bridgehead atoms. The Labute approximate surface area is 64.3 Å². The summed E-state index contributed by atoms with van der Waals surface area (Å²) in [6.07, 6.45) is 0. The molecule has 0 aromatic heterocycles. The van der Waals surface area contributed by atoms with Crippen molar-refractivity contribution < 1.29 is 15.0 Å². The van der Waals surface area contributed by atoms with Crippen molar-refractivity contribution in [1.82, 2.24) is 0 Å². The molecular formula is C7H9NO3. The van der Waals surface area contributed by atoms with Crippen LogP contribution < -0.4 is 10.2 Å². The van der Waals surface area contributed by atoms with Gasteiger partial charge in [-0.05, 0) is 24.3 Å². The molecule has 0 spiro atoms. The van der Waals surface area contributed by atoms with Crippen LogP contribution in [0.15, 0.2) is 24.3 Å². The van der Waals surface area contributed by atoms with E-state index < -0.39 is 0 Å². The summed E-state index contributed by atoms with van der Waals surface area (Å²) in [5.41, 5.74) is 2.92. The highest BCUT2D eigenvalue weighted by Crippen LogP contribution is 2.14. The van der Waals surface area contributed by atoms with Gasteiger partial charge in [0.1, 0.15) is 5.75 Å². The van der Waals surface area contributed by atoms with Crippen molar-refractivity contribution in [2.24, 2.45) is 0 Å². The second kappa shape index (κ2) is 3.80. The first-order chi connectivity index (χ1) is 5.36. The summed E-state index contributed by atoms with van der Waals surface area (Å²) in [6.45, 7) is 0. The predicted octanol–water partition coefficient (Wildman–Crippen LogP) is 1.51. The zero-order valence-corrected chi connectivity index (χ0v) is 6.07. The lowest BCUT2D eigenvalue weighted by Crippen LogP contribution is -1.95. The Morgan fingerprint density at radius 2 is 1.91 bits per heavy atom. The third-order valence-electron chi connectivity index (χ3n) is 1.25. The minimum Gasteiger partial charge on any atom is -0.497 e. The third-order valence-corrected chi connectivity index (χ3v) is 1.25. The Bertz CT molecular complexity index is 209. The second-order valence-electron chi connectivity index (χ2n) is 1.92. The molecule has 0 saturated carbocycles. The molecule has 1 aromatic rings.